The second-order valence-corrected chi connectivity index (χ2v) is 5.04. The molecule has 2 aromatic rings. The first-order valence-corrected chi connectivity index (χ1v) is 6.82. The molecule has 3 heteroatoms. The smallest absolute Gasteiger partial charge is 0.0494 e. The van der Waals surface area contributed by atoms with Gasteiger partial charge in [0.1, 0.15) is 0 Å². The van der Waals surface area contributed by atoms with Gasteiger partial charge in [-0.05, 0) is 30.5 Å². The molecule has 1 aromatic carbocycles. The van der Waals surface area contributed by atoms with E-state index in [0.717, 1.165) is 26.0 Å². The Labute approximate surface area is 111 Å². The number of ether oxygens (including phenoxy) is 1. The van der Waals surface area contributed by atoms with Crippen molar-refractivity contribution in [3.05, 3.63) is 34.4 Å². The highest BCUT2D eigenvalue weighted by Gasteiger charge is 2.09. The molecule has 0 atom stereocenters. The van der Waals surface area contributed by atoms with Crippen LogP contribution in [0, 0.1) is 0 Å². The molecule has 0 bridgehead atoms. The van der Waals surface area contributed by atoms with Gasteiger partial charge in [0.2, 0.25) is 0 Å². The lowest BCUT2D eigenvalue weighted by Gasteiger charge is -2.04. The van der Waals surface area contributed by atoms with Crippen LogP contribution in [0.25, 0.3) is 10.9 Å². The third kappa shape index (κ3) is 2.55. The maximum Gasteiger partial charge on any atom is 0.0494 e. The van der Waals surface area contributed by atoms with E-state index in [-0.39, 0.29) is 0 Å². The van der Waals surface area contributed by atoms with E-state index < -0.39 is 0 Å². The highest BCUT2D eigenvalue weighted by Crippen LogP contribution is 2.29. The van der Waals surface area contributed by atoms with Crippen molar-refractivity contribution in [1.29, 1.82) is 0 Å². The van der Waals surface area contributed by atoms with Crippen LogP contribution in [0.2, 0.25) is 0 Å². The van der Waals surface area contributed by atoms with E-state index in [9.17, 15) is 0 Å². The van der Waals surface area contributed by atoms with E-state index in [1.54, 1.807) is 7.11 Å². The normalized spacial score (nSPS) is 11.2. The molecule has 0 N–H and O–H groups in total. The number of aryl methyl sites for hydroxylation is 2. The Morgan fingerprint density at radius 1 is 1.35 bits per heavy atom. The van der Waals surface area contributed by atoms with Gasteiger partial charge in [-0.3, -0.25) is 0 Å². The minimum absolute atomic E-state index is 0.815. The maximum absolute atomic E-state index is 5.11. The van der Waals surface area contributed by atoms with E-state index in [2.05, 4.69) is 51.8 Å². The molecular formula is C14H18BrNO. The maximum atomic E-state index is 5.11. The van der Waals surface area contributed by atoms with Crippen molar-refractivity contribution in [3.63, 3.8) is 0 Å². The Morgan fingerprint density at radius 3 is 2.88 bits per heavy atom. The molecule has 0 fully saturated rings. The first-order chi connectivity index (χ1) is 8.27. The Bertz CT molecular complexity index is 504. The summed E-state index contributed by atoms with van der Waals surface area (Å²) in [7, 11) is 1.75. The molecule has 2 rings (SSSR count). The van der Waals surface area contributed by atoms with Crippen LogP contribution in [0.4, 0.5) is 0 Å². The first-order valence-electron chi connectivity index (χ1n) is 6.03. The van der Waals surface area contributed by atoms with Gasteiger partial charge in [0.15, 0.2) is 0 Å². The molecule has 0 spiro atoms. The number of benzene rings is 1. The molecule has 0 saturated heterocycles. The predicted octanol–water partition coefficient (Wildman–Crippen LogP) is 4.00. The fraction of sp³-hybridized carbons (Fsp3) is 0.429. The minimum Gasteiger partial charge on any atom is -0.385 e. The van der Waals surface area contributed by atoms with Gasteiger partial charge in [0.25, 0.3) is 0 Å². The van der Waals surface area contributed by atoms with Crippen molar-refractivity contribution in [2.45, 2.75) is 26.3 Å². The summed E-state index contributed by atoms with van der Waals surface area (Å²) in [4.78, 5) is 0. The van der Waals surface area contributed by atoms with Crippen LogP contribution in [0.5, 0.6) is 0 Å². The Morgan fingerprint density at radius 2 is 2.18 bits per heavy atom. The van der Waals surface area contributed by atoms with Gasteiger partial charge in [-0.25, -0.2) is 0 Å². The lowest BCUT2D eigenvalue weighted by atomic mass is 10.1. The van der Waals surface area contributed by atoms with E-state index in [0.29, 0.717) is 0 Å². The van der Waals surface area contributed by atoms with E-state index in [1.165, 1.54) is 20.9 Å². The number of hydrogen-bond acceptors (Lipinski definition) is 1. The largest absolute Gasteiger partial charge is 0.385 e. The fourth-order valence-electron chi connectivity index (χ4n) is 2.22. The van der Waals surface area contributed by atoms with E-state index in [4.69, 9.17) is 4.74 Å². The standard InChI is InChI=1S/C14H18BrNO/c1-3-11-10-16(8-5-9-17-2)13-7-4-6-12(15)14(11)13/h4,6-7,10H,3,5,8-9H2,1-2H3. The third-order valence-corrected chi connectivity index (χ3v) is 3.72. The second kappa shape index (κ2) is 5.69. The highest BCUT2D eigenvalue weighted by molar-refractivity contribution is 9.10. The van der Waals surface area contributed by atoms with Crippen LogP contribution in [0.1, 0.15) is 18.9 Å². The van der Waals surface area contributed by atoms with Crippen LogP contribution >= 0.6 is 15.9 Å². The van der Waals surface area contributed by atoms with E-state index >= 15 is 0 Å². The molecule has 92 valence electrons. The SMILES string of the molecule is CCc1cn(CCCOC)c2cccc(Br)c12. The van der Waals surface area contributed by atoms with Crippen molar-refractivity contribution in [2.24, 2.45) is 0 Å². The van der Waals surface area contributed by atoms with Crippen molar-refractivity contribution in [1.82, 2.24) is 4.57 Å². The van der Waals surface area contributed by atoms with Gasteiger partial charge in [0.05, 0.1) is 0 Å². The molecule has 0 amide bonds. The summed E-state index contributed by atoms with van der Waals surface area (Å²) in [5, 5.41) is 1.35. The molecule has 0 saturated carbocycles. The molecule has 0 unspecified atom stereocenters. The van der Waals surface area contributed by atoms with Gasteiger partial charge in [-0.15, -0.1) is 0 Å². The van der Waals surface area contributed by atoms with Gasteiger partial charge in [-0.1, -0.05) is 28.9 Å². The predicted molar refractivity (Wildman–Crippen MR) is 75.5 cm³/mol. The molecule has 0 aliphatic carbocycles. The summed E-state index contributed by atoms with van der Waals surface area (Å²) in [6, 6.07) is 6.39. The van der Waals surface area contributed by atoms with Gasteiger partial charge in [0, 0.05) is 41.8 Å². The monoisotopic (exact) mass is 295 g/mol. The summed E-state index contributed by atoms with van der Waals surface area (Å²) in [6.07, 6.45) is 4.39. The summed E-state index contributed by atoms with van der Waals surface area (Å²) >= 11 is 3.65. The van der Waals surface area contributed by atoms with E-state index in [1.807, 2.05) is 0 Å². The Kier molecular flexibility index (Phi) is 4.24. The Balaban J connectivity index is 2.39. The molecule has 2 nitrogen and oxygen atoms in total. The number of nitrogens with zero attached hydrogens (tertiary/aromatic N) is 1. The second-order valence-electron chi connectivity index (χ2n) is 4.18. The molecule has 17 heavy (non-hydrogen) atoms. The number of methoxy groups -OCH3 is 1. The van der Waals surface area contributed by atoms with Crippen molar-refractivity contribution in [3.8, 4) is 0 Å². The number of fused-ring (bicyclic) bond motifs is 1. The van der Waals surface area contributed by atoms with Crippen LogP contribution < -0.4 is 0 Å². The quantitative estimate of drug-likeness (QED) is 0.761. The summed E-state index contributed by atoms with van der Waals surface area (Å²) in [5.41, 5.74) is 2.72. The molecule has 1 heterocycles. The van der Waals surface area contributed by atoms with Crippen LogP contribution in [0.15, 0.2) is 28.9 Å². The highest BCUT2D eigenvalue weighted by atomic mass is 79.9. The Hall–Kier alpha value is -0.800. The minimum atomic E-state index is 0.815. The molecule has 1 aromatic heterocycles. The zero-order valence-corrected chi connectivity index (χ0v) is 12.0. The van der Waals surface area contributed by atoms with Gasteiger partial charge >= 0.3 is 0 Å². The lowest BCUT2D eigenvalue weighted by molar-refractivity contribution is 0.190. The lowest BCUT2D eigenvalue weighted by Crippen LogP contribution is -1.99. The van der Waals surface area contributed by atoms with Crippen LogP contribution in [0.3, 0.4) is 0 Å². The molecule has 0 radical (unpaired) electrons. The zero-order chi connectivity index (χ0) is 12.3. The van der Waals surface area contributed by atoms with Crippen LogP contribution in [-0.4, -0.2) is 18.3 Å². The average molecular weight is 296 g/mol. The first kappa shape index (κ1) is 12.7. The molecule has 0 aliphatic heterocycles. The van der Waals surface area contributed by atoms with Crippen molar-refractivity contribution < 1.29 is 4.74 Å². The fourth-order valence-corrected chi connectivity index (χ4v) is 2.83. The summed E-state index contributed by atoms with van der Waals surface area (Å²) < 4.78 is 8.63. The average Bonchev–Trinajstić information content (AvgIpc) is 2.70. The zero-order valence-electron chi connectivity index (χ0n) is 10.4. The van der Waals surface area contributed by atoms with Crippen molar-refractivity contribution in [2.75, 3.05) is 13.7 Å². The number of halogens is 1. The van der Waals surface area contributed by atoms with Crippen LogP contribution in [-0.2, 0) is 17.7 Å². The number of hydrogen-bond donors (Lipinski definition) is 0. The summed E-state index contributed by atoms with van der Waals surface area (Å²) in [6.45, 7) is 4.03. The number of rotatable bonds is 5. The molecular weight excluding hydrogens is 278 g/mol. The van der Waals surface area contributed by atoms with Crippen molar-refractivity contribution >= 4 is 26.8 Å². The third-order valence-electron chi connectivity index (χ3n) is 3.06. The number of aromatic nitrogens is 1. The summed E-state index contributed by atoms with van der Waals surface area (Å²) in [5.74, 6) is 0. The topological polar surface area (TPSA) is 14.2 Å². The van der Waals surface area contributed by atoms with Gasteiger partial charge < -0.3 is 9.30 Å². The van der Waals surface area contributed by atoms with Gasteiger partial charge in [-0.2, -0.15) is 0 Å². The molecule has 0 aliphatic rings.